The van der Waals surface area contributed by atoms with Gasteiger partial charge < -0.3 is 9.88 Å². The third-order valence-electron chi connectivity index (χ3n) is 3.07. The van der Waals surface area contributed by atoms with Crippen LogP contribution >= 0.6 is 27.3 Å². The van der Waals surface area contributed by atoms with Crippen molar-refractivity contribution in [1.82, 2.24) is 9.88 Å². The predicted molar refractivity (Wildman–Crippen MR) is 82.3 cm³/mol. The molecule has 0 spiro atoms. The summed E-state index contributed by atoms with van der Waals surface area (Å²) in [5, 5.41) is 3.38. The van der Waals surface area contributed by atoms with E-state index in [4.69, 9.17) is 0 Å². The van der Waals surface area contributed by atoms with E-state index in [0.717, 1.165) is 6.54 Å². The van der Waals surface area contributed by atoms with Crippen LogP contribution in [0.15, 0.2) is 34.4 Å². The van der Waals surface area contributed by atoms with E-state index in [-0.39, 0.29) is 0 Å². The van der Waals surface area contributed by atoms with Crippen molar-refractivity contribution >= 4 is 27.3 Å². The average molecular weight is 327 g/mol. The first kappa shape index (κ1) is 13.8. The fourth-order valence-corrected chi connectivity index (χ4v) is 3.64. The van der Waals surface area contributed by atoms with Gasteiger partial charge in [0.2, 0.25) is 0 Å². The van der Waals surface area contributed by atoms with Gasteiger partial charge in [0.25, 0.3) is 0 Å². The lowest BCUT2D eigenvalue weighted by atomic mass is 10.1. The first-order valence-corrected chi connectivity index (χ1v) is 7.91. The highest BCUT2D eigenvalue weighted by Gasteiger charge is 2.09. The van der Waals surface area contributed by atoms with Crippen LogP contribution in [0.5, 0.6) is 0 Å². The van der Waals surface area contributed by atoms with Crippen molar-refractivity contribution in [3.8, 4) is 0 Å². The summed E-state index contributed by atoms with van der Waals surface area (Å²) in [6.45, 7) is 3.18. The Hall–Kier alpha value is -0.580. The molecule has 1 atom stereocenters. The van der Waals surface area contributed by atoms with Crippen molar-refractivity contribution < 1.29 is 0 Å². The molecule has 0 saturated carbocycles. The van der Waals surface area contributed by atoms with Crippen molar-refractivity contribution in [2.45, 2.75) is 32.4 Å². The van der Waals surface area contributed by atoms with Crippen LogP contribution in [-0.2, 0) is 6.54 Å². The fraction of sp³-hybridized carbons (Fsp3) is 0.429. The lowest BCUT2D eigenvalue weighted by Gasteiger charge is -2.13. The quantitative estimate of drug-likeness (QED) is 0.831. The second-order valence-electron chi connectivity index (χ2n) is 4.45. The van der Waals surface area contributed by atoms with Gasteiger partial charge in [0.1, 0.15) is 0 Å². The lowest BCUT2D eigenvalue weighted by Crippen LogP contribution is -2.15. The Kier molecular flexibility index (Phi) is 5.03. The first-order chi connectivity index (χ1) is 8.72. The van der Waals surface area contributed by atoms with Crippen LogP contribution in [-0.4, -0.2) is 11.6 Å². The molecule has 2 nitrogen and oxygen atoms in total. The second-order valence-corrected chi connectivity index (χ2v) is 7.00. The molecule has 0 amide bonds. The zero-order chi connectivity index (χ0) is 13.0. The molecule has 0 fully saturated rings. The fourth-order valence-electron chi connectivity index (χ4n) is 2.15. The highest BCUT2D eigenvalue weighted by molar-refractivity contribution is 9.11. The number of halogens is 1. The molecule has 0 saturated heterocycles. The number of aromatic nitrogens is 1. The van der Waals surface area contributed by atoms with Crippen LogP contribution in [0, 0.1) is 0 Å². The summed E-state index contributed by atoms with van der Waals surface area (Å²) in [5.41, 5.74) is 1.38. The predicted octanol–water partition coefficient (Wildman–Crippen LogP) is 4.42. The van der Waals surface area contributed by atoms with Crippen LogP contribution in [0.4, 0.5) is 0 Å². The molecule has 18 heavy (non-hydrogen) atoms. The largest absolute Gasteiger partial charge is 0.349 e. The van der Waals surface area contributed by atoms with Crippen LogP contribution in [0.3, 0.4) is 0 Å². The molecule has 0 aromatic carbocycles. The topological polar surface area (TPSA) is 17.0 Å². The maximum Gasteiger partial charge on any atom is 0.0702 e. The van der Waals surface area contributed by atoms with Gasteiger partial charge in [-0.2, -0.15) is 0 Å². The molecule has 2 aromatic rings. The molecule has 2 heterocycles. The van der Waals surface area contributed by atoms with Gasteiger partial charge in [-0.25, -0.2) is 0 Å². The van der Waals surface area contributed by atoms with Gasteiger partial charge in [0.15, 0.2) is 0 Å². The minimum atomic E-state index is 0.478. The zero-order valence-electron chi connectivity index (χ0n) is 10.8. The Morgan fingerprint density at radius 3 is 2.83 bits per heavy atom. The normalized spacial score (nSPS) is 12.8. The smallest absolute Gasteiger partial charge is 0.0702 e. The van der Waals surface area contributed by atoms with E-state index < -0.39 is 0 Å². The van der Waals surface area contributed by atoms with Gasteiger partial charge in [-0.3, -0.25) is 0 Å². The minimum absolute atomic E-state index is 0.478. The number of nitrogens with zero attached hydrogens (tertiary/aromatic N) is 1. The zero-order valence-corrected chi connectivity index (χ0v) is 13.2. The summed E-state index contributed by atoms with van der Waals surface area (Å²) in [6.07, 6.45) is 6.81. The molecule has 98 valence electrons. The molecule has 1 N–H and O–H groups in total. The standard InChI is InChI=1S/C14H19BrN2S/c1-3-4-13(16-2)11-7-8-17(9-11)10-12-5-6-14(15)18-12/h5-9,13,16H,3-4,10H2,1-2H3. The molecule has 4 heteroatoms. The summed E-state index contributed by atoms with van der Waals surface area (Å²) < 4.78 is 3.46. The number of hydrogen-bond acceptors (Lipinski definition) is 2. The number of thiophene rings is 1. The SMILES string of the molecule is CCCC(NC)c1ccn(Cc2ccc(Br)s2)c1. The van der Waals surface area contributed by atoms with E-state index in [2.05, 4.69) is 63.3 Å². The summed E-state index contributed by atoms with van der Waals surface area (Å²) >= 11 is 5.30. The van der Waals surface area contributed by atoms with Crippen LogP contribution in [0.25, 0.3) is 0 Å². The molecular formula is C14H19BrN2S. The summed E-state index contributed by atoms with van der Waals surface area (Å²) in [6, 6.07) is 6.99. The number of rotatable bonds is 6. The lowest BCUT2D eigenvalue weighted by molar-refractivity contribution is 0.540. The maximum absolute atomic E-state index is 3.50. The van der Waals surface area contributed by atoms with Crippen molar-refractivity contribution in [3.05, 3.63) is 44.8 Å². The highest BCUT2D eigenvalue weighted by atomic mass is 79.9. The molecule has 1 unspecified atom stereocenters. The molecule has 2 rings (SSSR count). The summed E-state index contributed by atoms with van der Waals surface area (Å²) in [4.78, 5) is 1.38. The van der Waals surface area contributed by atoms with Crippen molar-refractivity contribution in [1.29, 1.82) is 0 Å². The van der Waals surface area contributed by atoms with E-state index in [0.29, 0.717) is 6.04 Å². The van der Waals surface area contributed by atoms with Crippen LogP contribution < -0.4 is 5.32 Å². The van der Waals surface area contributed by atoms with Gasteiger partial charge in [0, 0.05) is 23.3 Å². The Bertz CT molecular complexity index is 489. The Morgan fingerprint density at radius 2 is 2.22 bits per heavy atom. The third-order valence-corrected chi connectivity index (χ3v) is 4.68. The Labute approximate surface area is 121 Å². The summed E-state index contributed by atoms with van der Waals surface area (Å²) in [5.74, 6) is 0. The molecule has 0 aliphatic heterocycles. The minimum Gasteiger partial charge on any atom is -0.349 e. The Balaban J connectivity index is 2.05. The van der Waals surface area contributed by atoms with Crippen LogP contribution in [0.1, 0.15) is 36.2 Å². The maximum atomic E-state index is 3.50. The molecule has 0 aliphatic rings. The van der Waals surface area contributed by atoms with Crippen molar-refractivity contribution in [2.75, 3.05) is 7.05 Å². The molecule has 2 aromatic heterocycles. The van der Waals surface area contributed by atoms with Gasteiger partial charge in [0.05, 0.1) is 10.3 Å². The second kappa shape index (κ2) is 6.55. The Morgan fingerprint density at radius 1 is 1.39 bits per heavy atom. The van der Waals surface area contributed by atoms with E-state index in [1.807, 2.05) is 7.05 Å². The van der Waals surface area contributed by atoms with Gasteiger partial charge in [-0.15, -0.1) is 11.3 Å². The third kappa shape index (κ3) is 3.46. The van der Waals surface area contributed by atoms with E-state index in [1.54, 1.807) is 11.3 Å². The number of nitrogens with one attached hydrogen (secondary N) is 1. The van der Waals surface area contributed by atoms with E-state index >= 15 is 0 Å². The van der Waals surface area contributed by atoms with Crippen LogP contribution in [0.2, 0.25) is 0 Å². The van der Waals surface area contributed by atoms with Gasteiger partial charge in [-0.1, -0.05) is 13.3 Å². The molecule has 0 radical (unpaired) electrons. The molecule has 0 aliphatic carbocycles. The van der Waals surface area contributed by atoms with E-state index in [9.17, 15) is 0 Å². The molecular weight excluding hydrogens is 308 g/mol. The highest BCUT2D eigenvalue weighted by Crippen LogP contribution is 2.24. The summed E-state index contributed by atoms with van der Waals surface area (Å²) in [7, 11) is 2.04. The van der Waals surface area contributed by atoms with Crippen molar-refractivity contribution in [3.63, 3.8) is 0 Å². The molecule has 0 bridgehead atoms. The van der Waals surface area contributed by atoms with Gasteiger partial charge in [-0.05, 0) is 53.2 Å². The van der Waals surface area contributed by atoms with Crippen molar-refractivity contribution in [2.24, 2.45) is 0 Å². The first-order valence-electron chi connectivity index (χ1n) is 6.30. The van der Waals surface area contributed by atoms with Gasteiger partial charge >= 0.3 is 0 Å². The monoisotopic (exact) mass is 326 g/mol. The average Bonchev–Trinajstić information content (AvgIpc) is 2.96. The van der Waals surface area contributed by atoms with E-state index in [1.165, 1.54) is 27.1 Å². The number of hydrogen-bond donors (Lipinski definition) is 1.